The maximum Gasteiger partial charge on any atom is 0.231 e. The van der Waals surface area contributed by atoms with Gasteiger partial charge in [0, 0.05) is 23.1 Å². The van der Waals surface area contributed by atoms with Crippen molar-refractivity contribution >= 4 is 16.8 Å². The van der Waals surface area contributed by atoms with Crippen LogP contribution in [0.5, 0.6) is 23.0 Å². The summed E-state index contributed by atoms with van der Waals surface area (Å²) < 4.78 is 27.8. The van der Waals surface area contributed by atoms with Crippen LogP contribution in [-0.4, -0.2) is 30.4 Å². The number of carbonyl (C=O) groups excluding carboxylic acids is 1. The molecule has 2 atom stereocenters. The maximum absolute atomic E-state index is 13.3. The Bertz CT molecular complexity index is 1100. The van der Waals surface area contributed by atoms with E-state index in [0.717, 1.165) is 5.39 Å². The first-order valence-electron chi connectivity index (χ1n) is 8.16. The van der Waals surface area contributed by atoms with Crippen LogP contribution in [0.25, 0.3) is 11.0 Å². The second-order valence-corrected chi connectivity index (χ2v) is 6.52. The van der Waals surface area contributed by atoms with Crippen molar-refractivity contribution in [2.75, 3.05) is 13.4 Å². The van der Waals surface area contributed by atoms with Gasteiger partial charge in [-0.3, -0.25) is 4.79 Å². The van der Waals surface area contributed by atoms with E-state index < -0.39 is 17.5 Å². The van der Waals surface area contributed by atoms with Crippen LogP contribution in [0, 0.1) is 0 Å². The highest BCUT2D eigenvalue weighted by molar-refractivity contribution is 6.09. The number of ether oxygens (including phenoxy) is 4. The molecule has 1 N–H and O–H groups in total. The standard InChI is InChI=1S/C19H12O7/c20-18-10-3-9-1-2-22-12(9)5-13(10)26-17-7-23-14-6-16-15(24-8-25-16)4-11(14)19(17,18)21/h1-6,17,21H,7-8H2/t17-,19+/m1/s1. The van der Waals surface area contributed by atoms with Crippen molar-refractivity contribution in [1.29, 1.82) is 0 Å². The van der Waals surface area contributed by atoms with Gasteiger partial charge in [0.05, 0.1) is 11.8 Å². The van der Waals surface area contributed by atoms with E-state index in [1.165, 1.54) is 0 Å². The molecule has 0 aliphatic carbocycles. The molecule has 0 spiro atoms. The van der Waals surface area contributed by atoms with Gasteiger partial charge in [-0.2, -0.15) is 0 Å². The molecule has 130 valence electrons. The molecular weight excluding hydrogens is 340 g/mol. The Balaban J connectivity index is 1.57. The van der Waals surface area contributed by atoms with Crippen LogP contribution < -0.4 is 18.9 Å². The van der Waals surface area contributed by atoms with Crippen LogP contribution >= 0.6 is 0 Å². The molecule has 3 aliphatic rings. The van der Waals surface area contributed by atoms with Crippen molar-refractivity contribution in [3.05, 3.63) is 47.7 Å². The van der Waals surface area contributed by atoms with Crippen molar-refractivity contribution < 1.29 is 33.3 Å². The first-order valence-corrected chi connectivity index (χ1v) is 8.16. The molecule has 0 radical (unpaired) electrons. The molecule has 4 heterocycles. The number of hydrogen-bond acceptors (Lipinski definition) is 7. The van der Waals surface area contributed by atoms with Gasteiger partial charge in [-0.1, -0.05) is 0 Å². The van der Waals surface area contributed by atoms with Gasteiger partial charge in [0.2, 0.25) is 12.6 Å². The third-order valence-electron chi connectivity index (χ3n) is 5.16. The zero-order valence-corrected chi connectivity index (χ0v) is 13.4. The van der Waals surface area contributed by atoms with E-state index in [1.807, 2.05) is 0 Å². The average molecular weight is 352 g/mol. The minimum absolute atomic E-state index is 0.0323. The van der Waals surface area contributed by atoms with Crippen LogP contribution in [-0.2, 0) is 5.60 Å². The summed E-state index contributed by atoms with van der Waals surface area (Å²) in [6.07, 6.45) is 0.671. The molecule has 0 bridgehead atoms. The van der Waals surface area contributed by atoms with Crippen LogP contribution in [0.4, 0.5) is 0 Å². The predicted molar refractivity (Wildman–Crippen MR) is 86.9 cm³/mol. The monoisotopic (exact) mass is 352 g/mol. The molecule has 0 amide bonds. The topological polar surface area (TPSA) is 87.4 Å². The Labute approximate surface area is 146 Å². The van der Waals surface area contributed by atoms with Crippen LogP contribution in [0.3, 0.4) is 0 Å². The van der Waals surface area contributed by atoms with Crippen molar-refractivity contribution in [3.8, 4) is 23.0 Å². The molecule has 3 aliphatic heterocycles. The zero-order valence-electron chi connectivity index (χ0n) is 13.4. The fourth-order valence-corrected chi connectivity index (χ4v) is 3.81. The number of aliphatic hydroxyl groups is 1. The quantitative estimate of drug-likeness (QED) is 0.665. The van der Waals surface area contributed by atoms with E-state index in [-0.39, 0.29) is 13.4 Å². The summed E-state index contributed by atoms with van der Waals surface area (Å²) in [6.45, 7) is 0.121. The minimum Gasteiger partial charge on any atom is -0.489 e. The largest absolute Gasteiger partial charge is 0.489 e. The van der Waals surface area contributed by atoms with E-state index in [9.17, 15) is 9.90 Å². The molecule has 1 aromatic heterocycles. The number of fused-ring (bicyclic) bond motifs is 6. The average Bonchev–Trinajstić information content (AvgIpc) is 3.28. The highest BCUT2D eigenvalue weighted by Gasteiger charge is 2.56. The number of benzene rings is 2. The summed E-state index contributed by atoms with van der Waals surface area (Å²) in [5.74, 6) is 1.31. The summed E-state index contributed by atoms with van der Waals surface area (Å²) in [5, 5.41) is 12.2. The highest BCUT2D eigenvalue weighted by atomic mass is 16.7. The Hall–Kier alpha value is -3.19. The fourth-order valence-electron chi connectivity index (χ4n) is 3.81. The number of furan rings is 1. The lowest BCUT2D eigenvalue weighted by Gasteiger charge is -2.42. The third-order valence-corrected chi connectivity index (χ3v) is 5.16. The second-order valence-electron chi connectivity index (χ2n) is 6.52. The molecule has 0 unspecified atom stereocenters. The van der Waals surface area contributed by atoms with Crippen molar-refractivity contribution in [1.82, 2.24) is 0 Å². The zero-order chi connectivity index (χ0) is 17.5. The number of Topliss-reactive ketones (excluding diaryl/α,β-unsaturated/α-hetero) is 1. The summed E-state index contributed by atoms with van der Waals surface area (Å²) in [7, 11) is 0. The third kappa shape index (κ3) is 1.58. The molecule has 26 heavy (non-hydrogen) atoms. The number of hydrogen-bond donors (Lipinski definition) is 1. The normalized spacial score (nSPS) is 25.1. The highest BCUT2D eigenvalue weighted by Crippen LogP contribution is 2.50. The number of ketones is 1. The van der Waals surface area contributed by atoms with Crippen molar-refractivity contribution in [2.45, 2.75) is 11.7 Å². The van der Waals surface area contributed by atoms with Crippen LogP contribution in [0.1, 0.15) is 15.9 Å². The molecule has 7 heteroatoms. The number of carbonyl (C=O) groups is 1. The van der Waals surface area contributed by atoms with Crippen LogP contribution in [0.2, 0.25) is 0 Å². The van der Waals surface area contributed by atoms with Gasteiger partial charge < -0.3 is 28.5 Å². The Morgan fingerprint density at radius 2 is 1.85 bits per heavy atom. The molecule has 0 fully saturated rings. The lowest BCUT2D eigenvalue weighted by Crippen LogP contribution is -2.57. The van der Waals surface area contributed by atoms with Gasteiger partial charge >= 0.3 is 0 Å². The van der Waals surface area contributed by atoms with Gasteiger partial charge in [0.25, 0.3) is 0 Å². The second kappa shape index (κ2) is 4.50. The number of rotatable bonds is 0. The summed E-state index contributed by atoms with van der Waals surface area (Å²) in [6, 6.07) is 8.32. The smallest absolute Gasteiger partial charge is 0.231 e. The Morgan fingerprint density at radius 1 is 1.00 bits per heavy atom. The van der Waals surface area contributed by atoms with Gasteiger partial charge in [-0.05, 0) is 18.2 Å². The maximum atomic E-state index is 13.3. The van der Waals surface area contributed by atoms with E-state index >= 15 is 0 Å². The molecule has 2 aromatic carbocycles. The van der Waals surface area contributed by atoms with Crippen molar-refractivity contribution in [3.63, 3.8) is 0 Å². The Morgan fingerprint density at radius 3 is 2.73 bits per heavy atom. The van der Waals surface area contributed by atoms with Gasteiger partial charge in [-0.15, -0.1) is 0 Å². The lowest BCUT2D eigenvalue weighted by molar-refractivity contribution is -0.0798. The van der Waals surface area contributed by atoms with Crippen LogP contribution in [0.15, 0.2) is 41.0 Å². The van der Waals surface area contributed by atoms with E-state index in [0.29, 0.717) is 39.7 Å². The Kier molecular flexibility index (Phi) is 2.43. The molecule has 7 nitrogen and oxygen atoms in total. The SMILES string of the molecule is O=C1c2cc3ccoc3cc2O[C@@H]2COc3cc4c(cc3[C@@]12O)OCO4. The molecule has 3 aromatic rings. The van der Waals surface area contributed by atoms with Gasteiger partial charge in [0.15, 0.2) is 23.2 Å². The first-order chi connectivity index (χ1) is 12.6. The fraction of sp³-hybridized carbons (Fsp3) is 0.211. The summed E-state index contributed by atoms with van der Waals surface area (Å²) >= 11 is 0. The first kappa shape index (κ1) is 14.0. The van der Waals surface area contributed by atoms with E-state index in [2.05, 4.69) is 0 Å². The van der Waals surface area contributed by atoms with E-state index in [4.69, 9.17) is 23.4 Å². The summed E-state index contributed by atoms with van der Waals surface area (Å²) in [4.78, 5) is 13.3. The van der Waals surface area contributed by atoms with Gasteiger partial charge in [0.1, 0.15) is 23.7 Å². The predicted octanol–water partition coefficient (Wildman–Crippen LogP) is 2.39. The molecule has 6 rings (SSSR count). The van der Waals surface area contributed by atoms with Gasteiger partial charge in [-0.25, -0.2) is 0 Å². The molecular formula is C19H12O7. The molecule has 0 saturated heterocycles. The van der Waals surface area contributed by atoms with E-state index in [1.54, 1.807) is 36.6 Å². The molecule has 0 saturated carbocycles. The lowest BCUT2D eigenvalue weighted by atomic mass is 9.77. The van der Waals surface area contributed by atoms with Crippen molar-refractivity contribution in [2.24, 2.45) is 0 Å². The summed E-state index contributed by atoms with van der Waals surface area (Å²) in [5.41, 5.74) is -0.620. The minimum atomic E-state index is -1.86.